The second-order valence-corrected chi connectivity index (χ2v) is 5.57. The molecule has 0 aliphatic carbocycles. The fourth-order valence-electron chi connectivity index (χ4n) is 1.90. The maximum absolute atomic E-state index is 5.31. The Bertz CT molecular complexity index is 748. The second-order valence-electron chi connectivity index (χ2n) is 4.57. The smallest absolute Gasteiger partial charge is 0.226 e. The van der Waals surface area contributed by atoms with Gasteiger partial charge in [-0.25, -0.2) is 4.68 Å². The van der Waals surface area contributed by atoms with Gasteiger partial charge < -0.3 is 4.42 Å². The molecule has 8 heteroatoms. The average Bonchev–Trinajstić information content (AvgIpc) is 3.03. The Balaban J connectivity index is 1.70. The summed E-state index contributed by atoms with van der Waals surface area (Å²) in [5.41, 5.74) is 1.99. The highest BCUT2D eigenvalue weighted by Gasteiger charge is 2.08. The lowest BCUT2D eigenvalue weighted by atomic mass is 10.4. The van der Waals surface area contributed by atoms with Crippen LogP contribution in [0.5, 0.6) is 0 Å². The van der Waals surface area contributed by atoms with Crippen LogP contribution in [0.25, 0.3) is 5.82 Å². The van der Waals surface area contributed by atoms with E-state index < -0.39 is 0 Å². The van der Waals surface area contributed by atoms with Crippen LogP contribution < -0.4 is 0 Å². The zero-order valence-electron chi connectivity index (χ0n) is 11.9. The lowest BCUT2D eigenvalue weighted by molar-refractivity contribution is 0.485. The van der Waals surface area contributed by atoms with Crippen molar-refractivity contribution < 1.29 is 4.42 Å². The van der Waals surface area contributed by atoms with Crippen LogP contribution >= 0.6 is 11.8 Å². The molecule has 0 bridgehead atoms. The lowest BCUT2D eigenvalue weighted by Crippen LogP contribution is -2.03. The van der Waals surface area contributed by atoms with Gasteiger partial charge in [-0.15, -0.1) is 20.4 Å². The topological polar surface area (TPSA) is 82.5 Å². The highest BCUT2D eigenvalue weighted by molar-refractivity contribution is 7.98. The molecule has 0 aromatic carbocycles. The van der Waals surface area contributed by atoms with E-state index in [9.17, 15) is 0 Å². The van der Waals surface area contributed by atoms with Crippen LogP contribution in [0.3, 0.4) is 0 Å². The summed E-state index contributed by atoms with van der Waals surface area (Å²) in [6.45, 7) is 5.71. The van der Waals surface area contributed by atoms with Gasteiger partial charge in [0.05, 0.1) is 11.4 Å². The standard InChI is InChI=1S/C13H14N6OS/c1-8-6-9(2)19(18-8)11-4-5-13(17-15-11)21-7-12-16-14-10(3)20-12/h4-6H,7H2,1-3H3. The van der Waals surface area contributed by atoms with E-state index in [1.807, 2.05) is 32.0 Å². The molecule has 3 heterocycles. The van der Waals surface area contributed by atoms with Crippen LogP contribution in [0.2, 0.25) is 0 Å². The van der Waals surface area contributed by atoms with Gasteiger partial charge in [-0.1, -0.05) is 11.8 Å². The predicted molar refractivity (Wildman–Crippen MR) is 77.2 cm³/mol. The van der Waals surface area contributed by atoms with Gasteiger partial charge in [0.2, 0.25) is 11.8 Å². The molecule has 0 spiro atoms. The molecule has 0 saturated carbocycles. The highest BCUT2D eigenvalue weighted by Crippen LogP contribution is 2.20. The minimum absolute atomic E-state index is 0.566. The molecule has 0 atom stereocenters. The zero-order valence-corrected chi connectivity index (χ0v) is 12.8. The Morgan fingerprint density at radius 2 is 1.95 bits per heavy atom. The number of hydrogen-bond donors (Lipinski definition) is 0. The summed E-state index contributed by atoms with van der Waals surface area (Å²) >= 11 is 1.50. The molecule has 0 N–H and O–H groups in total. The van der Waals surface area contributed by atoms with Crippen LogP contribution in [0.4, 0.5) is 0 Å². The van der Waals surface area contributed by atoms with Crippen molar-refractivity contribution in [3.8, 4) is 5.82 Å². The van der Waals surface area contributed by atoms with Gasteiger partial charge in [0.15, 0.2) is 5.82 Å². The number of hydrogen-bond acceptors (Lipinski definition) is 7. The molecule has 0 unspecified atom stereocenters. The molecule has 0 amide bonds. The van der Waals surface area contributed by atoms with Crippen molar-refractivity contribution in [1.82, 2.24) is 30.2 Å². The van der Waals surface area contributed by atoms with E-state index in [1.54, 1.807) is 11.6 Å². The Kier molecular flexibility index (Phi) is 3.70. The molecule has 0 fully saturated rings. The minimum atomic E-state index is 0.566. The van der Waals surface area contributed by atoms with Crippen LogP contribution in [-0.2, 0) is 5.75 Å². The van der Waals surface area contributed by atoms with Crippen molar-refractivity contribution >= 4 is 11.8 Å². The number of aryl methyl sites for hydroxylation is 3. The quantitative estimate of drug-likeness (QED) is 0.683. The van der Waals surface area contributed by atoms with Gasteiger partial charge in [-0.05, 0) is 32.0 Å². The maximum atomic E-state index is 5.31. The average molecular weight is 302 g/mol. The Morgan fingerprint density at radius 1 is 1.10 bits per heavy atom. The van der Waals surface area contributed by atoms with Crippen LogP contribution in [-0.4, -0.2) is 30.2 Å². The van der Waals surface area contributed by atoms with Crippen molar-refractivity contribution in [2.75, 3.05) is 0 Å². The first-order valence-electron chi connectivity index (χ1n) is 6.41. The molecule has 0 aliphatic rings. The van der Waals surface area contributed by atoms with Crippen molar-refractivity contribution in [2.45, 2.75) is 31.6 Å². The summed E-state index contributed by atoms with van der Waals surface area (Å²) in [4.78, 5) is 0. The van der Waals surface area contributed by atoms with Gasteiger partial charge in [-0.2, -0.15) is 5.10 Å². The maximum Gasteiger partial charge on any atom is 0.226 e. The minimum Gasteiger partial charge on any atom is -0.425 e. The lowest BCUT2D eigenvalue weighted by Gasteiger charge is -2.03. The summed E-state index contributed by atoms with van der Waals surface area (Å²) in [6, 6.07) is 5.81. The second kappa shape index (κ2) is 5.65. The predicted octanol–water partition coefficient (Wildman–Crippen LogP) is 2.26. The van der Waals surface area contributed by atoms with E-state index in [4.69, 9.17) is 4.42 Å². The normalized spacial score (nSPS) is 11.0. The van der Waals surface area contributed by atoms with Gasteiger partial charge >= 0.3 is 0 Å². The highest BCUT2D eigenvalue weighted by atomic mass is 32.2. The Morgan fingerprint density at radius 3 is 2.52 bits per heavy atom. The summed E-state index contributed by atoms with van der Waals surface area (Å²) in [7, 11) is 0. The van der Waals surface area contributed by atoms with Crippen molar-refractivity contribution in [3.05, 3.63) is 41.4 Å². The largest absolute Gasteiger partial charge is 0.425 e. The van der Waals surface area contributed by atoms with Crippen LogP contribution in [0, 0.1) is 20.8 Å². The number of nitrogens with zero attached hydrogens (tertiary/aromatic N) is 6. The molecule has 0 radical (unpaired) electrons. The number of thioether (sulfide) groups is 1. The molecule has 0 aliphatic heterocycles. The zero-order chi connectivity index (χ0) is 14.8. The van der Waals surface area contributed by atoms with E-state index in [2.05, 4.69) is 25.5 Å². The summed E-state index contributed by atoms with van der Waals surface area (Å²) in [6.07, 6.45) is 0. The molecule has 0 saturated heterocycles. The van der Waals surface area contributed by atoms with Crippen molar-refractivity contribution in [1.29, 1.82) is 0 Å². The Hall–Kier alpha value is -2.22. The van der Waals surface area contributed by atoms with Crippen LogP contribution in [0.15, 0.2) is 27.6 Å². The van der Waals surface area contributed by atoms with Gasteiger partial charge in [0.25, 0.3) is 0 Å². The summed E-state index contributed by atoms with van der Waals surface area (Å²) < 4.78 is 7.09. The third kappa shape index (κ3) is 3.10. The van der Waals surface area contributed by atoms with E-state index in [1.165, 1.54) is 11.8 Å². The molecule has 21 heavy (non-hydrogen) atoms. The monoisotopic (exact) mass is 302 g/mol. The molecule has 108 valence electrons. The van der Waals surface area contributed by atoms with Gasteiger partial charge in [0, 0.05) is 12.6 Å². The molecular weight excluding hydrogens is 288 g/mol. The number of rotatable bonds is 4. The van der Waals surface area contributed by atoms with Crippen molar-refractivity contribution in [2.24, 2.45) is 0 Å². The number of aromatic nitrogens is 6. The van der Waals surface area contributed by atoms with Gasteiger partial charge in [-0.3, -0.25) is 0 Å². The molecule has 3 aromatic rings. The fourth-order valence-corrected chi connectivity index (χ4v) is 2.55. The van der Waals surface area contributed by atoms with E-state index in [-0.39, 0.29) is 0 Å². The van der Waals surface area contributed by atoms with E-state index in [0.29, 0.717) is 23.4 Å². The summed E-state index contributed by atoms with van der Waals surface area (Å²) in [5, 5.41) is 21.3. The van der Waals surface area contributed by atoms with E-state index >= 15 is 0 Å². The molecule has 7 nitrogen and oxygen atoms in total. The van der Waals surface area contributed by atoms with E-state index in [0.717, 1.165) is 16.4 Å². The molecular formula is C13H14N6OS. The Labute approximate surface area is 125 Å². The third-order valence-corrected chi connectivity index (χ3v) is 3.67. The first kappa shape index (κ1) is 13.7. The molecule has 3 aromatic heterocycles. The fraction of sp³-hybridized carbons (Fsp3) is 0.308. The first-order chi connectivity index (χ1) is 10.1. The third-order valence-electron chi connectivity index (χ3n) is 2.76. The first-order valence-corrected chi connectivity index (χ1v) is 7.39. The van der Waals surface area contributed by atoms with Gasteiger partial charge in [0.1, 0.15) is 5.03 Å². The van der Waals surface area contributed by atoms with Crippen LogP contribution in [0.1, 0.15) is 23.2 Å². The SMILES string of the molecule is Cc1cc(C)n(-c2ccc(SCc3nnc(C)o3)nn2)n1. The van der Waals surface area contributed by atoms with Crippen molar-refractivity contribution in [3.63, 3.8) is 0 Å². The molecule has 3 rings (SSSR count). The summed E-state index contributed by atoms with van der Waals surface area (Å²) in [5.74, 6) is 2.44.